The molecule has 0 radical (unpaired) electrons. The van der Waals surface area contributed by atoms with Gasteiger partial charge >= 0.3 is 0 Å². The van der Waals surface area contributed by atoms with Gasteiger partial charge < -0.3 is 4.90 Å². The van der Waals surface area contributed by atoms with E-state index in [-0.39, 0.29) is 17.5 Å². The Hall–Kier alpha value is -2.02. The second-order valence-corrected chi connectivity index (χ2v) is 8.10. The van der Waals surface area contributed by atoms with Crippen LogP contribution in [0.2, 0.25) is 0 Å². The van der Waals surface area contributed by atoms with Crippen molar-refractivity contribution in [3.05, 3.63) is 47.3 Å². The SMILES string of the molecule is Cc1nnc(N2CCCS(=O)(=O)CC2c2ccccc2)nc1C. The number of hydrogen-bond acceptors (Lipinski definition) is 6. The van der Waals surface area contributed by atoms with Crippen molar-refractivity contribution in [2.75, 3.05) is 23.0 Å². The number of anilines is 1. The van der Waals surface area contributed by atoms with Crippen molar-refractivity contribution in [2.24, 2.45) is 0 Å². The van der Waals surface area contributed by atoms with Crippen LogP contribution < -0.4 is 4.90 Å². The predicted octanol–water partition coefficient (Wildman–Crippen LogP) is 1.85. The van der Waals surface area contributed by atoms with Crippen LogP contribution in [0.1, 0.15) is 29.4 Å². The zero-order chi connectivity index (χ0) is 16.4. The summed E-state index contributed by atoms with van der Waals surface area (Å²) in [5, 5.41) is 8.34. The molecule has 1 saturated heterocycles. The first-order chi connectivity index (χ1) is 11.0. The molecule has 1 atom stereocenters. The highest BCUT2D eigenvalue weighted by molar-refractivity contribution is 7.91. The highest BCUT2D eigenvalue weighted by Gasteiger charge is 2.31. The maximum atomic E-state index is 12.3. The third-order valence-corrected chi connectivity index (χ3v) is 5.90. The number of aromatic nitrogens is 3. The Morgan fingerprint density at radius 1 is 1.09 bits per heavy atom. The third kappa shape index (κ3) is 3.50. The summed E-state index contributed by atoms with van der Waals surface area (Å²) < 4.78 is 24.5. The first-order valence-corrected chi connectivity index (χ1v) is 9.48. The molecule has 3 rings (SSSR count). The molecule has 6 nitrogen and oxygen atoms in total. The van der Waals surface area contributed by atoms with Crippen LogP contribution >= 0.6 is 0 Å². The predicted molar refractivity (Wildman–Crippen MR) is 89.1 cm³/mol. The van der Waals surface area contributed by atoms with E-state index in [9.17, 15) is 8.42 Å². The smallest absolute Gasteiger partial charge is 0.246 e. The van der Waals surface area contributed by atoms with E-state index in [1.54, 1.807) is 0 Å². The minimum atomic E-state index is -3.09. The molecule has 2 heterocycles. The van der Waals surface area contributed by atoms with Gasteiger partial charge in [0.1, 0.15) is 0 Å². The Morgan fingerprint density at radius 2 is 1.83 bits per heavy atom. The number of rotatable bonds is 2. The van der Waals surface area contributed by atoms with E-state index in [0.29, 0.717) is 18.9 Å². The molecule has 7 heteroatoms. The molecule has 122 valence electrons. The standard InChI is InChI=1S/C16H20N4O2S/c1-12-13(2)18-19-16(17-12)20-9-6-10-23(21,22)11-15(20)14-7-4-3-5-8-14/h3-5,7-8,15H,6,9-11H2,1-2H3. The molecule has 0 aliphatic carbocycles. The molecule has 0 amide bonds. The molecule has 1 unspecified atom stereocenters. The number of aryl methyl sites for hydroxylation is 2. The minimum Gasteiger partial charge on any atom is -0.331 e. The quantitative estimate of drug-likeness (QED) is 0.835. The zero-order valence-corrected chi connectivity index (χ0v) is 14.1. The van der Waals surface area contributed by atoms with Gasteiger partial charge in [0.15, 0.2) is 9.84 Å². The van der Waals surface area contributed by atoms with Gasteiger partial charge in [0.2, 0.25) is 5.95 Å². The highest BCUT2D eigenvalue weighted by atomic mass is 32.2. The van der Waals surface area contributed by atoms with Gasteiger partial charge in [-0.1, -0.05) is 30.3 Å². The Bertz CT molecular complexity index is 793. The van der Waals surface area contributed by atoms with Gasteiger partial charge in [-0.25, -0.2) is 13.4 Å². The molecular formula is C16H20N4O2S. The largest absolute Gasteiger partial charge is 0.331 e. The summed E-state index contributed by atoms with van der Waals surface area (Å²) in [6, 6.07) is 9.38. The van der Waals surface area contributed by atoms with Gasteiger partial charge in [-0.05, 0) is 25.8 Å². The molecule has 23 heavy (non-hydrogen) atoms. The van der Waals surface area contributed by atoms with Gasteiger partial charge in [0.25, 0.3) is 0 Å². The van der Waals surface area contributed by atoms with Crippen molar-refractivity contribution in [2.45, 2.75) is 26.3 Å². The lowest BCUT2D eigenvalue weighted by molar-refractivity contribution is 0.589. The average Bonchev–Trinajstić information content (AvgIpc) is 2.69. The lowest BCUT2D eigenvalue weighted by atomic mass is 10.1. The Morgan fingerprint density at radius 3 is 2.52 bits per heavy atom. The molecule has 1 aliphatic rings. The summed E-state index contributed by atoms with van der Waals surface area (Å²) in [5.41, 5.74) is 2.56. The monoisotopic (exact) mass is 332 g/mol. The lowest BCUT2D eigenvalue weighted by Crippen LogP contribution is -2.33. The number of sulfone groups is 1. The second kappa shape index (κ2) is 6.23. The van der Waals surface area contributed by atoms with Crippen LogP contribution in [0.4, 0.5) is 5.95 Å². The highest BCUT2D eigenvalue weighted by Crippen LogP contribution is 2.29. The van der Waals surface area contributed by atoms with Crippen molar-refractivity contribution < 1.29 is 8.42 Å². The molecule has 0 spiro atoms. The van der Waals surface area contributed by atoms with E-state index in [1.807, 2.05) is 49.1 Å². The Labute approximate surface area is 136 Å². The number of nitrogens with zero attached hydrogens (tertiary/aromatic N) is 4. The Kier molecular flexibility index (Phi) is 4.30. The molecule has 1 fully saturated rings. The second-order valence-electron chi connectivity index (χ2n) is 5.87. The van der Waals surface area contributed by atoms with E-state index in [2.05, 4.69) is 15.2 Å². The van der Waals surface area contributed by atoms with E-state index < -0.39 is 9.84 Å². The third-order valence-electron chi connectivity index (χ3n) is 4.16. The van der Waals surface area contributed by atoms with Crippen LogP contribution in [-0.2, 0) is 9.84 Å². The summed E-state index contributed by atoms with van der Waals surface area (Å²) in [4.78, 5) is 6.49. The van der Waals surface area contributed by atoms with Gasteiger partial charge in [-0.3, -0.25) is 0 Å². The van der Waals surface area contributed by atoms with Crippen LogP contribution in [0.15, 0.2) is 30.3 Å². The molecule has 0 saturated carbocycles. The minimum absolute atomic E-state index is 0.0767. The van der Waals surface area contributed by atoms with E-state index in [1.165, 1.54) is 0 Å². The maximum Gasteiger partial charge on any atom is 0.246 e. The maximum absolute atomic E-state index is 12.3. The zero-order valence-electron chi connectivity index (χ0n) is 13.3. The van der Waals surface area contributed by atoms with Crippen molar-refractivity contribution in [3.8, 4) is 0 Å². The van der Waals surface area contributed by atoms with E-state index in [4.69, 9.17) is 0 Å². The summed E-state index contributed by atoms with van der Waals surface area (Å²) >= 11 is 0. The van der Waals surface area contributed by atoms with Crippen LogP contribution in [0.3, 0.4) is 0 Å². The molecule has 2 aromatic rings. The number of hydrogen-bond donors (Lipinski definition) is 0. The summed E-state index contributed by atoms with van der Waals surface area (Å²) in [6.45, 7) is 4.35. The van der Waals surface area contributed by atoms with Gasteiger partial charge in [0.05, 0.1) is 28.9 Å². The van der Waals surface area contributed by atoms with Gasteiger partial charge in [0, 0.05) is 6.54 Å². The molecule has 0 N–H and O–H groups in total. The fourth-order valence-electron chi connectivity index (χ4n) is 2.78. The first kappa shape index (κ1) is 15.9. The number of benzene rings is 1. The Balaban J connectivity index is 2.05. The molecule has 1 aliphatic heterocycles. The van der Waals surface area contributed by atoms with Gasteiger partial charge in [-0.15, -0.1) is 5.10 Å². The van der Waals surface area contributed by atoms with Crippen LogP contribution in [-0.4, -0.2) is 41.6 Å². The van der Waals surface area contributed by atoms with Crippen LogP contribution in [0.25, 0.3) is 0 Å². The van der Waals surface area contributed by atoms with Crippen molar-refractivity contribution in [1.29, 1.82) is 0 Å². The summed E-state index contributed by atoms with van der Waals surface area (Å²) in [6.07, 6.45) is 0.571. The fraction of sp³-hybridized carbons (Fsp3) is 0.438. The molecule has 1 aromatic carbocycles. The lowest BCUT2D eigenvalue weighted by Gasteiger charge is -2.29. The molecular weight excluding hydrogens is 312 g/mol. The van der Waals surface area contributed by atoms with Crippen molar-refractivity contribution in [1.82, 2.24) is 15.2 Å². The summed E-state index contributed by atoms with van der Waals surface area (Å²) in [7, 11) is -3.09. The van der Waals surface area contributed by atoms with Gasteiger partial charge in [-0.2, -0.15) is 5.10 Å². The molecule has 0 bridgehead atoms. The topological polar surface area (TPSA) is 76.1 Å². The first-order valence-electron chi connectivity index (χ1n) is 7.66. The van der Waals surface area contributed by atoms with Crippen molar-refractivity contribution >= 4 is 15.8 Å². The van der Waals surface area contributed by atoms with E-state index >= 15 is 0 Å². The average molecular weight is 332 g/mol. The van der Waals surface area contributed by atoms with Crippen molar-refractivity contribution in [3.63, 3.8) is 0 Å². The van der Waals surface area contributed by atoms with Crippen LogP contribution in [0.5, 0.6) is 0 Å². The van der Waals surface area contributed by atoms with Crippen LogP contribution in [0, 0.1) is 13.8 Å². The fourth-order valence-corrected chi connectivity index (χ4v) is 4.37. The summed E-state index contributed by atoms with van der Waals surface area (Å²) in [5.74, 6) is 0.775. The molecule has 1 aromatic heterocycles. The van der Waals surface area contributed by atoms with E-state index in [0.717, 1.165) is 17.0 Å². The normalized spacial score (nSPS) is 21.0.